The number of ether oxygens (including phenoxy) is 1. The lowest BCUT2D eigenvalue weighted by atomic mass is 10.0. The van der Waals surface area contributed by atoms with E-state index in [0.29, 0.717) is 12.2 Å². The maximum absolute atomic E-state index is 10.8. The van der Waals surface area contributed by atoms with Crippen LogP contribution in [-0.2, 0) is 4.79 Å². The van der Waals surface area contributed by atoms with Gasteiger partial charge in [-0.3, -0.25) is 4.79 Å². The lowest BCUT2D eigenvalue weighted by Crippen LogP contribution is -1.93. The molecule has 3 aromatic carbocycles. The summed E-state index contributed by atoms with van der Waals surface area (Å²) in [5.74, 6) is 0.539. The second-order valence-corrected chi connectivity index (χ2v) is 5.46. The molecule has 3 rings (SSSR count). The van der Waals surface area contributed by atoms with Crippen molar-refractivity contribution in [3.05, 3.63) is 101 Å². The predicted octanol–water partition coefficient (Wildman–Crippen LogP) is 5.56. The first-order valence-electron chi connectivity index (χ1n) is 8.06. The molecular formula is C23H18O2. The third-order valence-corrected chi connectivity index (χ3v) is 3.77. The minimum absolute atomic E-state index is 0.458. The van der Waals surface area contributed by atoms with E-state index in [9.17, 15) is 4.79 Å². The van der Waals surface area contributed by atoms with Crippen molar-refractivity contribution in [2.45, 2.75) is 0 Å². The van der Waals surface area contributed by atoms with Crippen LogP contribution in [0.2, 0.25) is 0 Å². The van der Waals surface area contributed by atoms with E-state index < -0.39 is 0 Å². The summed E-state index contributed by atoms with van der Waals surface area (Å²) in [4.78, 5) is 10.8. The summed E-state index contributed by atoms with van der Waals surface area (Å²) in [5.41, 5.74) is 4.05. The van der Waals surface area contributed by atoms with Crippen LogP contribution >= 0.6 is 0 Å². The van der Waals surface area contributed by atoms with Crippen molar-refractivity contribution in [3.8, 4) is 5.75 Å². The molecular weight excluding hydrogens is 308 g/mol. The zero-order valence-electron chi connectivity index (χ0n) is 13.7. The molecule has 0 aliphatic carbocycles. The first kappa shape index (κ1) is 16.5. The zero-order valence-corrected chi connectivity index (χ0v) is 13.7. The number of rotatable bonds is 6. The Bertz CT molecular complexity index is 878. The molecule has 25 heavy (non-hydrogen) atoms. The van der Waals surface area contributed by atoms with Crippen LogP contribution in [0.4, 0.5) is 0 Å². The summed E-state index contributed by atoms with van der Waals surface area (Å²) >= 11 is 0. The number of carbonyl (C=O) groups is 1. The molecule has 0 heterocycles. The Kier molecular flexibility index (Phi) is 5.57. The summed E-state index contributed by atoms with van der Waals surface area (Å²) in [7, 11) is 0. The van der Waals surface area contributed by atoms with E-state index in [1.807, 2.05) is 97.1 Å². The molecule has 0 saturated carbocycles. The fourth-order valence-electron chi connectivity index (χ4n) is 2.53. The Labute approximate surface area is 147 Å². The summed E-state index contributed by atoms with van der Waals surface area (Å²) in [5, 5.41) is 0. The van der Waals surface area contributed by atoms with E-state index >= 15 is 0 Å². The summed E-state index contributed by atoms with van der Waals surface area (Å²) in [6.07, 6.45) is 8.04. The van der Waals surface area contributed by atoms with Crippen molar-refractivity contribution in [1.29, 1.82) is 0 Å². The molecule has 122 valence electrons. The molecule has 0 bridgehead atoms. The Balaban J connectivity index is 1.97. The van der Waals surface area contributed by atoms with Crippen LogP contribution in [0.1, 0.15) is 22.3 Å². The van der Waals surface area contributed by atoms with Crippen LogP contribution in [0.25, 0.3) is 24.3 Å². The van der Waals surface area contributed by atoms with Crippen LogP contribution in [0, 0.1) is 0 Å². The van der Waals surface area contributed by atoms with E-state index in [2.05, 4.69) is 0 Å². The largest absolute Gasteiger partial charge is 0.428 e. The molecule has 0 N–H and O–H groups in total. The van der Waals surface area contributed by atoms with Gasteiger partial charge in [0.05, 0.1) is 0 Å². The Morgan fingerprint density at radius 2 is 1.20 bits per heavy atom. The van der Waals surface area contributed by atoms with Crippen molar-refractivity contribution < 1.29 is 9.53 Å². The van der Waals surface area contributed by atoms with E-state index in [1.54, 1.807) is 6.07 Å². The van der Waals surface area contributed by atoms with Crippen molar-refractivity contribution in [2.75, 3.05) is 0 Å². The van der Waals surface area contributed by atoms with Crippen LogP contribution < -0.4 is 4.74 Å². The lowest BCUT2D eigenvalue weighted by molar-refractivity contribution is -0.120. The predicted molar refractivity (Wildman–Crippen MR) is 104 cm³/mol. The molecule has 0 unspecified atom stereocenters. The maximum atomic E-state index is 10.8. The highest BCUT2D eigenvalue weighted by molar-refractivity contribution is 5.82. The highest BCUT2D eigenvalue weighted by Gasteiger charge is 2.05. The van der Waals surface area contributed by atoms with Crippen LogP contribution in [0.3, 0.4) is 0 Å². The minimum Gasteiger partial charge on any atom is -0.428 e. The molecule has 0 fully saturated rings. The van der Waals surface area contributed by atoms with E-state index in [1.165, 1.54) is 0 Å². The molecule has 2 heteroatoms. The van der Waals surface area contributed by atoms with Crippen LogP contribution in [0.5, 0.6) is 5.75 Å². The Morgan fingerprint density at radius 3 is 1.80 bits per heavy atom. The highest BCUT2D eigenvalue weighted by Crippen LogP contribution is 2.26. The lowest BCUT2D eigenvalue weighted by Gasteiger charge is -2.07. The third-order valence-electron chi connectivity index (χ3n) is 3.77. The average Bonchev–Trinajstić information content (AvgIpc) is 2.67. The Hall–Kier alpha value is -3.39. The van der Waals surface area contributed by atoms with Crippen LogP contribution in [0.15, 0.2) is 78.9 Å². The van der Waals surface area contributed by atoms with E-state index in [4.69, 9.17) is 4.74 Å². The average molecular weight is 326 g/mol. The molecule has 0 aliphatic heterocycles. The number of carbonyl (C=O) groups excluding carboxylic acids is 1. The van der Waals surface area contributed by atoms with Gasteiger partial charge in [0.2, 0.25) is 0 Å². The van der Waals surface area contributed by atoms with Gasteiger partial charge in [0.15, 0.2) is 0 Å². The van der Waals surface area contributed by atoms with Crippen molar-refractivity contribution in [3.63, 3.8) is 0 Å². The monoisotopic (exact) mass is 326 g/mol. The van der Waals surface area contributed by atoms with E-state index in [0.717, 1.165) is 22.3 Å². The molecule has 2 nitrogen and oxygen atoms in total. The van der Waals surface area contributed by atoms with Gasteiger partial charge in [0.1, 0.15) is 5.75 Å². The molecule has 0 aromatic heterocycles. The van der Waals surface area contributed by atoms with Gasteiger partial charge >= 0.3 is 0 Å². The molecule has 0 saturated heterocycles. The standard InChI is InChI=1S/C23H18O2/c24-18-25-23-13-7-12-21(16-14-19-8-3-1-4-9-19)22(23)17-15-20-10-5-2-6-11-20/h1-18H. The highest BCUT2D eigenvalue weighted by atomic mass is 16.5. The molecule has 0 atom stereocenters. The third kappa shape index (κ3) is 4.55. The van der Waals surface area contributed by atoms with Gasteiger partial charge in [-0.05, 0) is 22.8 Å². The maximum Gasteiger partial charge on any atom is 0.298 e. The van der Waals surface area contributed by atoms with Crippen molar-refractivity contribution in [2.24, 2.45) is 0 Å². The zero-order chi connectivity index (χ0) is 17.3. The van der Waals surface area contributed by atoms with Gasteiger partial charge in [-0.2, -0.15) is 0 Å². The van der Waals surface area contributed by atoms with Crippen molar-refractivity contribution >= 4 is 30.8 Å². The van der Waals surface area contributed by atoms with Gasteiger partial charge in [-0.1, -0.05) is 97.1 Å². The first-order valence-corrected chi connectivity index (χ1v) is 8.06. The second-order valence-electron chi connectivity index (χ2n) is 5.46. The molecule has 0 aliphatic rings. The van der Waals surface area contributed by atoms with Gasteiger partial charge in [0.25, 0.3) is 6.47 Å². The summed E-state index contributed by atoms with van der Waals surface area (Å²) < 4.78 is 5.15. The van der Waals surface area contributed by atoms with Gasteiger partial charge in [-0.15, -0.1) is 0 Å². The van der Waals surface area contributed by atoms with Gasteiger partial charge < -0.3 is 4.74 Å². The SMILES string of the molecule is O=COc1cccc(C=Cc2ccccc2)c1C=Cc1ccccc1. The molecule has 3 aromatic rings. The number of hydrogen-bond acceptors (Lipinski definition) is 2. The molecule has 0 radical (unpaired) electrons. The first-order chi connectivity index (χ1) is 12.4. The second kappa shape index (κ2) is 8.46. The van der Waals surface area contributed by atoms with Crippen molar-refractivity contribution in [1.82, 2.24) is 0 Å². The topological polar surface area (TPSA) is 26.3 Å². The Morgan fingerprint density at radius 1 is 0.600 bits per heavy atom. The smallest absolute Gasteiger partial charge is 0.298 e. The quantitative estimate of drug-likeness (QED) is 0.438. The van der Waals surface area contributed by atoms with E-state index in [-0.39, 0.29) is 0 Å². The normalized spacial score (nSPS) is 11.0. The van der Waals surface area contributed by atoms with Gasteiger partial charge in [0, 0.05) is 5.56 Å². The molecule has 0 amide bonds. The fourth-order valence-corrected chi connectivity index (χ4v) is 2.53. The molecule has 0 spiro atoms. The minimum atomic E-state index is 0.458. The number of hydrogen-bond donors (Lipinski definition) is 0. The summed E-state index contributed by atoms with van der Waals surface area (Å²) in [6.45, 7) is 0.458. The fraction of sp³-hybridized carbons (Fsp3) is 0. The summed E-state index contributed by atoms with van der Waals surface area (Å²) in [6, 6.07) is 25.8. The number of benzene rings is 3. The van der Waals surface area contributed by atoms with Crippen LogP contribution in [-0.4, -0.2) is 6.47 Å². The van der Waals surface area contributed by atoms with Gasteiger partial charge in [-0.25, -0.2) is 0 Å².